The van der Waals surface area contributed by atoms with Crippen molar-refractivity contribution in [2.24, 2.45) is 17.6 Å². The van der Waals surface area contributed by atoms with Gasteiger partial charge in [0.05, 0.1) is 19.3 Å². The highest BCUT2D eigenvalue weighted by molar-refractivity contribution is 5.79. The van der Waals surface area contributed by atoms with E-state index in [0.717, 1.165) is 57.1 Å². The molecule has 1 aromatic heterocycles. The van der Waals surface area contributed by atoms with Crippen LogP contribution in [0.2, 0.25) is 0 Å². The third kappa shape index (κ3) is 3.99. The summed E-state index contributed by atoms with van der Waals surface area (Å²) in [5.74, 6) is 2.35. The number of morpholine rings is 1. The van der Waals surface area contributed by atoms with Crippen molar-refractivity contribution in [1.82, 2.24) is 10.2 Å². The Hall–Kier alpha value is -1.37. The van der Waals surface area contributed by atoms with Gasteiger partial charge in [0.25, 0.3) is 0 Å². The summed E-state index contributed by atoms with van der Waals surface area (Å²) >= 11 is 0. The molecule has 1 saturated heterocycles. The van der Waals surface area contributed by atoms with Gasteiger partial charge in [0.2, 0.25) is 5.91 Å². The van der Waals surface area contributed by atoms with Gasteiger partial charge < -0.3 is 20.2 Å². The lowest BCUT2D eigenvalue weighted by atomic mass is 9.95. The number of carbonyl (C=O) groups excluding carboxylic acids is 1. The molecule has 3 N–H and O–H groups in total. The highest BCUT2D eigenvalue weighted by atomic mass is 16.5. The van der Waals surface area contributed by atoms with Crippen molar-refractivity contribution in [2.45, 2.75) is 32.2 Å². The van der Waals surface area contributed by atoms with Gasteiger partial charge in [-0.2, -0.15) is 0 Å². The van der Waals surface area contributed by atoms with Crippen LogP contribution in [0.3, 0.4) is 0 Å². The predicted octanol–water partition coefficient (Wildman–Crippen LogP) is 1.45. The van der Waals surface area contributed by atoms with Crippen LogP contribution in [0.4, 0.5) is 0 Å². The van der Waals surface area contributed by atoms with Crippen molar-refractivity contribution >= 4 is 5.91 Å². The Kier molecular flexibility index (Phi) is 5.92. The molecule has 1 aromatic rings. The van der Waals surface area contributed by atoms with Crippen LogP contribution in [0.25, 0.3) is 0 Å². The Labute approximate surface area is 143 Å². The first-order valence-corrected chi connectivity index (χ1v) is 9.05. The zero-order chi connectivity index (χ0) is 16.9. The minimum atomic E-state index is 0.0595. The number of carbonyl (C=O) groups is 1. The largest absolute Gasteiger partial charge is 0.465 e. The molecular weight excluding hydrogens is 306 g/mol. The second kappa shape index (κ2) is 8.14. The number of furan rings is 1. The molecule has 2 fully saturated rings. The van der Waals surface area contributed by atoms with Crippen LogP contribution >= 0.6 is 0 Å². The second-order valence-electron chi connectivity index (χ2n) is 6.89. The van der Waals surface area contributed by atoms with Crippen LogP contribution in [-0.4, -0.2) is 50.2 Å². The summed E-state index contributed by atoms with van der Waals surface area (Å²) in [6, 6.07) is 4.05. The van der Waals surface area contributed by atoms with E-state index in [0.29, 0.717) is 19.0 Å². The second-order valence-corrected chi connectivity index (χ2v) is 6.89. The van der Waals surface area contributed by atoms with E-state index in [1.54, 1.807) is 0 Å². The van der Waals surface area contributed by atoms with Gasteiger partial charge in [0.15, 0.2) is 0 Å². The van der Waals surface area contributed by atoms with Crippen molar-refractivity contribution in [3.05, 3.63) is 23.7 Å². The summed E-state index contributed by atoms with van der Waals surface area (Å²) < 4.78 is 11.3. The average Bonchev–Trinajstić information content (AvgIpc) is 3.24. The molecular formula is C18H29N3O3. The maximum Gasteiger partial charge on any atom is 0.223 e. The van der Waals surface area contributed by atoms with Crippen LogP contribution in [0, 0.1) is 18.8 Å². The number of amides is 1. The molecule has 1 aliphatic heterocycles. The smallest absolute Gasteiger partial charge is 0.223 e. The molecule has 1 unspecified atom stereocenters. The molecule has 2 aliphatic rings. The van der Waals surface area contributed by atoms with E-state index in [2.05, 4.69) is 10.2 Å². The molecule has 6 heteroatoms. The molecule has 3 rings (SSSR count). The summed E-state index contributed by atoms with van der Waals surface area (Å²) in [4.78, 5) is 14.9. The van der Waals surface area contributed by atoms with Gasteiger partial charge in [-0.1, -0.05) is 6.42 Å². The van der Waals surface area contributed by atoms with Gasteiger partial charge in [-0.15, -0.1) is 0 Å². The van der Waals surface area contributed by atoms with Crippen molar-refractivity contribution in [1.29, 1.82) is 0 Å². The van der Waals surface area contributed by atoms with E-state index in [1.807, 2.05) is 19.1 Å². The zero-order valence-corrected chi connectivity index (χ0v) is 14.5. The Morgan fingerprint density at radius 2 is 2.17 bits per heavy atom. The maximum atomic E-state index is 12.6. The van der Waals surface area contributed by atoms with E-state index in [9.17, 15) is 4.79 Å². The monoisotopic (exact) mass is 335 g/mol. The summed E-state index contributed by atoms with van der Waals surface area (Å²) in [6.45, 7) is 6.28. The van der Waals surface area contributed by atoms with Crippen molar-refractivity contribution in [3.8, 4) is 0 Å². The van der Waals surface area contributed by atoms with Crippen LogP contribution < -0.4 is 11.1 Å². The number of nitrogens with two attached hydrogens (primary N) is 1. The van der Waals surface area contributed by atoms with Crippen LogP contribution in [0.15, 0.2) is 16.5 Å². The quantitative estimate of drug-likeness (QED) is 0.822. The van der Waals surface area contributed by atoms with Gasteiger partial charge in [-0.05, 0) is 44.4 Å². The van der Waals surface area contributed by atoms with Gasteiger partial charge in [-0.3, -0.25) is 9.69 Å². The molecule has 3 atom stereocenters. The van der Waals surface area contributed by atoms with Gasteiger partial charge in [0.1, 0.15) is 11.5 Å². The number of aryl methyl sites for hydroxylation is 1. The molecule has 1 aliphatic carbocycles. The molecule has 2 heterocycles. The average molecular weight is 335 g/mol. The fourth-order valence-electron chi connectivity index (χ4n) is 3.92. The van der Waals surface area contributed by atoms with Crippen LogP contribution in [0.5, 0.6) is 0 Å². The summed E-state index contributed by atoms with van der Waals surface area (Å²) in [7, 11) is 0. The van der Waals surface area contributed by atoms with Gasteiger partial charge in [0, 0.05) is 25.6 Å². The molecule has 134 valence electrons. The lowest BCUT2D eigenvalue weighted by Gasteiger charge is -2.33. The standard InChI is InChI=1S/C18H29N3O3/c1-13-5-6-17(24-13)16(21-7-9-23-10-8-21)12-20-18(22)15-4-2-3-14(15)11-19/h5-6,14-16H,2-4,7-12,19H2,1H3,(H,20,22)/t14-,15-,16?/m1/s1. The highest BCUT2D eigenvalue weighted by Gasteiger charge is 2.33. The SMILES string of the molecule is Cc1ccc(C(CNC(=O)[C@@H]2CCC[C@@H]2CN)N2CCOCC2)o1. The summed E-state index contributed by atoms with van der Waals surface area (Å²) in [5, 5.41) is 3.16. The first kappa shape index (κ1) is 17.5. The lowest BCUT2D eigenvalue weighted by molar-refractivity contribution is -0.126. The molecule has 0 aromatic carbocycles. The van der Waals surface area contributed by atoms with Crippen molar-refractivity contribution < 1.29 is 13.9 Å². The van der Waals surface area contributed by atoms with E-state index in [4.69, 9.17) is 14.9 Å². The normalized spacial score (nSPS) is 26.4. The number of ether oxygens (including phenoxy) is 1. The summed E-state index contributed by atoms with van der Waals surface area (Å²) in [5.41, 5.74) is 5.81. The van der Waals surface area contributed by atoms with E-state index >= 15 is 0 Å². The predicted molar refractivity (Wildman–Crippen MR) is 91.5 cm³/mol. The molecule has 24 heavy (non-hydrogen) atoms. The zero-order valence-electron chi connectivity index (χ0n) is 14.5. The van der Waals surface area contributed by atoms with E-state index < -0.39 is 0 Å². The molecule has 0 spiro atoms. The van der Waals surface area contributed by atoms with E-state index in [-0.39, 0.29) is 17.9 Å². The lowest BCUT2D eigenvalue weighted by Crippen LogP contribution is -2.45. The van der Waals surface area contributed by atoms with Crippen LogP contribution in [0.1, 0.15) is 36.8 Å². The first-order chi connectivity index (χ1) is 11.7. The highest BCUT2D eigenvalue weighted by Crippen LogP contribution is 2.31. The first-order valence-electron chi connectivity index (χ1n) is 9.05. The number of hydrogen-bond donors (Lipinski definition) is 2. The number of hydrogen-bond acceptors (Lipinski definition) is 5. The third-order valence-corrected chi connectivity index (χ3v) is 5.34. The third-order valence-electron chi connectivity index (χ3n) is 5.34. The van der Waals surface area contributed by atoms with Crippen LogP contribution in [-0.2, 0) is 9.53 Å². The van der Waals surface area contributed by atoms with Crippen molar-refractivity contribution in [2.75, 3.05) is 39.4 Å². The fourth-order valence-corrected chi connectivity index (χ4v) is 3.92. The summed E-state index contributed by atoms with van der Waals surface area (Å²) in [6.07, 6.45) is 3.12. The van der Waals surface area contributed by atoms with E-state index in [1.165, 1.54) is 0 Å². The number of nitrogens with one attached hydrogen (secondary N) is 1. The topological polar surface area (TPSA) is 80.7 Å². The Bertz CT molecular complexity index is 539. The Balaban J connectivity index is 1.64. The molecule has 0 radical (unpaired) electrons. The van der Waals surface area contributed by atoms with Crippen molar-refractivity contribution in [3.63, 3.8) is 0 Å². The minimum absolute atomic E-state index is 0.0595. The Morgan fingerprint density at radius 1 is 1.38 bits per heavy atom. The van der Waals surface area contributed by atoms with Gasteiger partial charge >= 0.3 is 0 Å². The number of nitrogens with zero attached hydrogens (tertiary/aromatic N) is 1. The van der Waals surface area contributed by atoms with Gasteiger partial charge in [-0.25, -0.2) is 0 Å². The Morgan fingerprint density at radius 3 is 2.83 bits per heavy atom. The maximum absolute atomic E-state index is 12.6. The molecule has 1 amide bonds. The minimum Gasteiger partial charge on any atom is -0.465 e. The molecule has 1 saturated carbocycles. The molecule has 6 nitrogen and oxygen atoms in total. The number of rotatable bonds is 6. The fraction of sp³-hybridized carbons (Fsp3) is 0.722. The molecule has 0 bridgehead atoms.